The molecule has 0 aliphatic heterocycles. The lowest BCUT2D eigenvalue weighted by Gasteiger charge is -2.32. The largest absolute Gasteiger partial charge is 0.497 e. The molecule has 2 amide bonds. The third kappa shape index (κ3) is 6.87. The Morgan fingerprint density at radius 2 is 1.62 bits per heavy atom. The maximum absolute atomic E-state index is 13.6. The van der Waals surface area contributed by atoms with Crippen LogP contribution in [0.25, 0.3) is 10.8 Å². The van der Waals surface area contributed by atoms with Crippen molar-refractivity contribution in [2.45, 2.75) is 50.7 Å². The van der Waals surface area contributed by atoms with Crippen LogP contribution in [0, 0.1) is 0 Å². The number of sulfonamides is 1. The van der Waals surface area contributed by atoms with E-state index in [4.69, 9.17) is 4.74 Å². The van der Waals surface area contributed by atoms with Gasteiger partial charge in [-0.05, 0) is 60.9 Å². The zero-order chi connectivity index (χ0) is 27.2. The molecule has 1 atom stereocenters. The molecule has 0 heterocycles. The molecule has 0 saturated carbocycles. The highest BCUT2D eigenvalue weighted by atomic mass is 32.2. The number of benzene rings is 3. The Hall–Kier alpha value is -3.43. The standard InChI is InChI=1S/C28H35N3O5S/c1-6-26(28(33)29-20(2)3)31(18-21-11-14-24(36-5)15-12-21)27(32)19-30(4)37(34,35)25-16-13-22-9-7-8-10-23(22)17-25/h7-17,20,26H,6,18-19H2,1-5H3,(H,29,33). The van der Waals surface area contributed by atoms with Gasteiger partial charge in [0.2, 0.25) is 21.8 Å². The maximum Gasteiger partial charge on any atom is 0.243 e. The molecule has 37 heavy (non-hydrogen) atoms. The summed E-state index contributed by atoms with van der Waals surface area (Å²) in [5.74, 6) is -0.0692. The number of hydrogen-bond donors (Lipinski definition) is 1. The van der Waals surface area contributed by atoms with E-state index in [1.165, 1.54) is 11.9 Å². The number of carbonyl (C=O) groups is 2. The van der Waals surface area contributed by atoms with Gasteiger partial charge in [-0.2, -0.15) is 4.31 Å². The molecule has 3 aromatic rings. The van der Waals surface area contributed by atoms with E-state index >= 15 is 0 Å². The molecule has 198 valence electrons. The lowest BCUT2D eigenvalue weighted by molar-refractivity contribution is -0.141. The predicted octanol–water partition coefficient (Wildman–Crippen LogP) is 3.80. The number of rotatable bonds is 11. The number of methoxy groups -OCH3 is 1. The van der Waals surface area contributed by atoms with E-state index in [2.05, 4.69) is 5.32 Å². The van der Waals surface area contributed by atoms with E-state index in [0.717, 1.165) is 20.6 Å². The van der Waals surface area contributed by atoms with Gasteiger partial charge in [0.1, 0.15) is 11.8 Å². The highest BCUT2D eigenvalue weighted by Gasteiger charge is 2.32. The molecule has 1 N–H and O–H groups in total. The molecular formula is C28H35N3O5S. The Balaban J connectivity index is 1.88. The van der Waals surface area contributed by atoms with Crippen molar-refractivity contribution < 1.29 is 22.7 Å². The second kappa shape index (κ2) is 12.2. The Labute approximate surface area is 219 Å². The van der Waals surface area contributed by atoms with Crippen LogP contribution < -0.4 is 10.1 Å². The van der Waals surface area contributed by atoms with Gasteiger partial charge in [-0.1, -0.05) is 49.4 Å². The van der Waals surface area contributed by atoms with Gasteiger partial charge in [0.05, 0.1) is 18.6 Å². The first-order valence-corrected chi connectivity index (χ1v) is 13.7. The fraction of sp³-hybridized carbons (Fsp3) is 0.357. The number of nitrogens with one attached hydrogen (secondary N) is 1. The van der Waals surface area contributed by atoms with E-state index in [1.54, 1.807) is 37.4 Å². The fourth-order valence-corrected chi connectivity index (χ4v) is 5.26. The molecule has 0 fully saturated rings. The molecule has 0 bridgehead atoms. The Bertz CT molecular complexity index is 1340. The number of amides is 2. The van der Waals surface area contributed by atoms with Crippen molar-refractivity contribution in [1.29, 1.82) is 0 Å². The van der Waals surface area contributed by atoms with Crippen molar-refractivity contribution in [1.82, 2.24) is 14.5 Å². The lowest BCUT2D eigenvalue weighted by atomic mass is 10.1. The van der Waals surface area contributed by atoms with Crippen LogP contribution in [0.4, 0.5) is 0 Å². The fourth-order valence-electron chi connectivity index (χ4n) is 4.10. The van der Waals surface area contributed by atoms with Crippen molar-refractivity contribution in [3.8, 4) is 5.75 Å². The molecule has 0 saturated heterocycles. The van der Waals surface area contributed by atoms with Crippen molar-refractivity contribution >= 4 is 32.6 Å². The SMILES string of the molecule is CCC(C(=O)NC(C)C)N(Cc1ccc(OC)cc1)C(=O)CN(C)S(=O)(=O)c1ccc2ccccc2c1. The highest BCUT2D eigenvalue weighted by Crippen LogP contribution is 2.22. The summed E-state index contributed by atoms with van der Waals surface area (Å²) in [6.45, 7) is 5.27. The summed E-state index contributed by atoms with van der Waals surface area (Å²) in [7, 11) is -0.996. The molecular weight excluding hydrogens is 490 g/mol. The van der Waals surface area contributed by atoms with Gasteiger partial charge in [0.15, 0.2) is 0 Å². The number of carbonyl (C=O) groups excluding carboxylic acids is 2. The second-order valence-electron chi connectivity index (χ2n) is 9.23. The van der Waals surface area contributed by atoms with Crippen LogP contribution in [0.5, 0.6) is 5.75 Å². The topological polar surface area (TPSA) is 96.0 Å². The quantitative estimate of drug-likeness (QED) is 0.411. The Kier molecular flexibility index (Phi) is 9.29. The second-order valence-corrected chi connectivity index (χ2v) is 11.3. The normalized spacial score (nSPS) is 12.5. The number of nitrogens with zero attached hydrogens (tertiary/aromatic N) is 2. The molecule has 1 unspecified atom stereocenters. The smallest absolute Gasteiger partial charge is 0.243 e. The van der Waals surface area contributed by atoms with Crippen LogP contribution in [0.2, 0.25) is 0 Å². The number of fused-ring (bicyclic) bond motifs is 1. The number of hydrogen-bond acceptors (Lipinski definition) is 5. The highest BCUT2D eigenvalue weighted by molar-refractivity contribution is 7.89. The number of ether oxygens (including phenoxy) is 1. The minimum absolute atomic E-state index is 0.101. The van der Waals surface area contributed by atoms with Gasteiger partial charge in [-0.15, -0.1) is 0 Å². The summed E-state index contributed by atoms with van der Waals surface area (Å²) in [5, 5.41) is 4.59. The van der Waals surface area contributed by atoms with E-state index in [1.807, 2.05) is 57.2 Å². The van der Waals surface area contributed by atoms with Gasteiger partial charge in [-0.25, -0.2) is 8.42 Å². The summed E-state index contributed by atoms with van der Waals surface area (Å²) in [5.41, 5.74) is 0.796. The molecule has 0 aliphatic rings. The maximum atomic E-state index is 13.6. The number of likely N-dealkylation sites (N-methyl/N-ethyl adjacent to an activating group) is 1. The zero-order valence-electron chi connectivity index (χ0n) is 22.0. The van der Waals surface area contributed by atoms with Crippen LogP contribution in [-0.4, -0.2) is 62.2 Å². The molecule has 3 rings (SSSR count). The molecule has 0 aromatic heterocycles. The van der Waals surface area contributed by atoms with Crippen molar-refractivity contribution in [2.75, 3.05) is 20.7 Å². The van der Waals surface area contributed by atoms with Gasteiger partial charge in [0, 0.05) is 19.6 Å². The van der Waals surface area contributed by atoms with Crippen LogP contribution >= 0.6 is 0 Å². The molecule has 0 radical (unpaired) electrons. The first-order chi connectivity index (χ1) is 17.6. The van der Waals surface area contributed by atoms with Crippen LogP contribution in [0.3, 0.4) is 0 Å². The van der Waals surface area contributed by atoms with E-state index in [9.17, 15) is 18.0 Å². The first-order valence-electron chi connectivity index (χ1n) is 12.2. The zero-order valence-corrected chi connectivity index (χ0v) is 22.8. The molecule has 3 aromatic carbocycles. The summed E-state index contributed by atoms with van der Waals surface area (Å²) in [6, 6.07) is 18.7. The minimum atomic E-state index is -3.94. The van der Waals surface area contributed by atoms with Gasteiger partial charge >= 0.3 is 0 Å². The van der Waals surface area contributed by atoms with E-state index < -0.39 is 28.5 Å². The van der Waals surface area contributed by atoms with Gasteiger partial charge in [-0.3, -0.25) is 9.59 Å². The molecule has 0 aliphatic carbocycles. The molecule has 8 nitrogen and oxygen atoms in total. The van der Waals surface area contributed by atoms with Crippen LogP contribution in [0.15, 0.2) is 71.6 Å². The Morgan fingerprint density at radius 3 is 2.22 bits per heavy atom. The van der Waals surface area contributed by atoms with Gasteiger partial charge in [0.25, 0.3) is 0 Å². The summed E-state index contributed by atoms with van der Waals surface area (Å²) in [4.78, 5) is 28.1. The average Bonchev–Trinajstić information content (AvgIpc) is 2.88. The monoisotopic (exact) mass is 525 g/mol. The Morgan fingerprint density at radius 1 is 0.973 bits per heavy atom. The molecule has 9 heteroatoms. The summed E-state index contributed by atoms with van der Waals surface area (Å²) >= 11 is 0. The minimum Gasteiger partial charge on any atom is -0.497 e. The van der Waals surface area contributed by atoms with E-state index in [0.29, 0.717) is 12.2 Å². The third-order valence-corrected chi connectivity index (χ3v) is 7.92. The average molecular weight is 526 g/mol. The summed E-state index contributed by atoms with van der Waals surface area (Å²) < 4.78 is 32.9. The molecule has 0 spiro atoms. The first kappa shape index (κ1) is 28.1. The van der Waals surface area contributed by atoms with Crippen molar-refractivity contribution in [2.24, 2.45) is 0 Å². The van der Waals surface area contributed by atoms with Crippen LogP contribution in [0.1, 0.15) is 32.8 Å². The predicted molar refractivity (Wildman–Crippen MR) is 145 cm³/mol. The van der Waals surface area contributed by atoms with E-state index in [-0.39, 0.29) is 23.4 Å². The van der Waals surface area contributed by atoms with Gasteiger partial charge < -0.3 is 15.0 Å². The van der Waals surface area contributed by atoms with Crippen LogP contribution in [-0.2, 0) is 26.2 Å². The summed E-state index contributed by atoms with van der Waals surface area (Å²) in [6.07, 6.45) is 0.377. The van der Waals surface area contributed by atoms with Crippen molar-refractivity contribution in [3.05, 3.63) is 72.3 Å². The lowest BCUT2D eigenvalue weighted by Crippen LogP contribution is -2.52. The van der Waals surface area contributed by atoms with Crippen molar-refractivity contribution in [3.63, 3.8) is 0 Å². The third-order valence-electron chi connectivity index (χ3n) is 6.12.